The highest BCUT2D eigenvalue weighted by atomic mass is 35.5. The van der Waals surface area contributed by atoms with E-state index in [2.05, 4.69) is 11.4 Å². The Morgan fingerprint density at radius 2 is 1.35 bits per heavy atom. The fraction of sp³-hybridized carbons (Fsp3) is 0.0870. The summed E-state index contributed by atoms with van der Waals surface area (Å²) in [4.78, 5) is 13.1. The minimum absolute atomic E-state index is 0.0116. The number of rotatable bonds is 3. The number of hydrogen-bond acceptors (Lipinski definition) is 1. The Morgan fingerprint density at radius 3 is 2.00 bits per heavy atom. The highest BCUT2D eigenvalue weighted by Crippen LogP contribution is 2.39. The van der Waals surface area contributed by atoms with Gasteiger partial charge in [-0.3, -0.25) is 4.79 Å². The van der Waals surface area contributed by atoms with E-state index in [1.54, 1.807) is 0 Å². The van der Waals surface area contributed by atoms with Gasteiger partial charge in [0.2, 0.25) is 5.91 Å². The highest BCUT2D eigenvalue weighted by molar-refractivity contribution is 6.30. The number of nitrogens with one attached hydrogen (secondary N) is 1. The van der Waals surface area contributed by atoms with Crippen LogP contribution in [0.3, 0.4) is 0 Å². The molecule has 1 N–H and O–H groups in total. The van der Waals surface area contributed by atoms with Crippen LogP contribution >= 0.6 is 11.6 Å². The van der Waals surface area contributed by atoms with E-state index in [0.717, 1.165) is 22.4 Å². The molecule has 3 aromatic carbocycles. The maximum atomic E-state index is 13.1. The molecule has 3 heteroatoms. The van der Waals surface area contributed by atoms with Crippen LogP contribution in [-0.4, -0.2) is 5.91 Å². The molecule has 1 aliphatic heterocycles. The molecule has 0 radical (unpaired) electrons. The van der Waals surface area contributed by atoms with Gasteiger partial charge in [0.1, 0.15) is 0 Å². The van der Waals surface area contributed by atoms with Crippen molar-refractivity contribution in [3.05, 3.63) is 113 Å². The average Bonchev–Trinajstić information content (AvgIpc) is 2.69. The molecule has 0 bridgehead atoms. The first-order valence-electron chi connectivity index (χ1n) is 8.61. The number of halogens is 1. The zero-order valence-corrected chi connectivity index (χ0v) is 14.9. The fourth-order valence-corrected chi connectivity index (χ4v) is 3.60. The Bertz CT molecular complexity index is 933. The van der Waals surface area contributed by atoms with Crippen molar-refractivity contribution in [2.24, 2.45) is 0 Å². The summed E-state index contributed by atoms with van der Waals surface area (Å²) < 4.78 is 0. The zero-order chi connectivity index (χ0) is 17.9. The second-order valence-electron chi connectivity index (χ2n) is 6.40. The van der Waals surface area contributed by atoms with E-state index in [1.165, 1.54) is 0 Å². The molecule has 2 atom stereocenters. The van der Waals surface area contributed by atoms with Crippen LogP contribution in [0.1, 0.15) is 28.5 Å². The number of carbonyl (C=O) groups excluding carboxylic acids is 1. The molecule has 1 heterocycles. The summed E-state index contributed by atoms with van der Waals surface area (Å²) in [5.74, 6) is -0.319. The van der Waals surface area contributed by atoms with Crippen molar-refractivity contribution < 1.29 is 4.79 Å². The van der Waals surface area contributed by atoms with Crippen LogP contribution in [0.5, 0.6) is 0 Å². The van der Waals surface area contributed by atoms with Gasteiger partial charge in [-0.05, 0) is 28.8 Å². The van der Waals surface area contributed by atoms with Crippen LogP contribution in [0.25, 0.3) is 5.70 Å². The van der Waals surface area contributed by atoms with Crippen molar-refractivity contribution >= 4 is 23.2 Å². The van der Waals surface area contributed by atoms with Gasteiger partial charge >= 0.3 is 0 Å². The quantitative estimate of drug-likeness (QED) is 0.668. The normalized spacial score (nSPS) is 19.6. The van der Waals surface area contributed by atoms with Gasteiger partial charge in [-0.2, -0.15) is 0 Å². The lowest BCUT2D eigenvalue weighted by molar-refractivity contribution is -0.122. The number of benzene rings is 3. The van der Waals surface area contributed by atoms with Crippen molar-refractivity contribution in [2.75, 3.05) is 0 Å². The summed E-state index contributed by atoms with van der Waals surface area (Å²) in [5.41, 5.74) is 3.94. The maximum absolute atomic E-state index is 13.1. The molecule has 0 fully saturated rings. The number of amides is 1. The number of hydrogen-bond donors (Lipinski definition) is 1. The molecular formula is C23H18ClNO. The largest absolute Gasteiger partial charge is 0.325 e. The van der Waals surface area contributed by atoms with Crippen molar-refractivity contribution in [1.82, 2.24) is 5.32 Å². The van der Waals surface area contributed by atoms with Crippen LogP contribution < -0.4 is 5.32 Å². The first-order chi connectivity index (χ1) is 12.7. The molecule has 1 amide bonds. The molecule has 2 nitrogen and oxygen atoms in total. The SMILES string of the molecule is O=C1NC(c2ccccc2)=CC(c2ccc(Cl)cc2)C1c1ccccc1. The minimum Gasteiger partial charge on any atom is -0.325 e. The van der Waals surface area contributed by atoms with Gasteiger partial charge in [0, 0.05) is 16.6 Å². The third-order valence-electron chi connectivity index (χ3n) is 4.74. The Hall–Kier alpha value is -2.84. The summed E-state index contributed by atoms with van der Waals surface area (Å²) in [7, 11) is 0. The van der Waals surface area contributed by atoms with Gasteiger partial charge in [-0.25, -0.2) is 0 Å². The van der Waals surface area contributed by atoms with Crippen LogP contribution in [0.15, 0.2) is 91.0 Å². The molecule has 3 aromatic rings. The third-order valence-corrected chi connectivity index (χ3v) is 5.00. The molecule has 0 aliphatic carbocycles. The second-order valence-corrected chi connectivity index (χ2v) is 6.84. The topological polar surface area (TPSA) is 29.1 Å². The smallest absolute Gasteiger partial charge is 0.232 e. The van der Waals surface area contributed by atoms with Crippen LogP contribution in [0.4, 0.5) is 0 Å². The number of allylic oxidation sites excluding steroid dienone is 1. The van der Waals surface area contributed by atoms with Gasteiger partial charge in [0.15, 0.2) is 0 Å². The Labute approximate surface area is 158 Å². The van der Waals surface area contributed by atoms with Crippen LogP contribution in [-0.2, 0) is 4.79 Å². The van der Waals surface area contributed by atoms with E-state index in [-0.39, 0.29) is 17.7 Å². The lowest BCUT2D eigenvalue weighted by atomic mass is 9.78. The van der Waals surface area contributed by atoms with E-state index >= 15 is 0 Å². The van der Waals surface area contributed by atoms with E-state index in [4.69, 9.17) is 11.6 Å². The molecule has 128 valence electrons. The first kappa shape index (κ1) is 16.6. The summed E-state index contributed by atoms with van der Waals surface area (Å²) in [5, 5.41) is 3.78. The minimum atomic E-state index is -0.273. The van der Waals surface area contributed by atoms with Gasteiger partial charge in [-0.15, -0.1) is 0 Å². The van der Waals surface area contributed by atoms with Gasteiger partial charge < -0.3 is 5.32 Å². The fourth-order valence-electron chi connectivity index (χ4n) is 3.47. The standard InChI is InChI=1S/C23H18ClNO/c24-19-13-11-16(12-14-19)20-15-21(17-7-3-1-4-8-17)25-23(26)22(20)18-9-5-2-6-10-18/h1-15,20,22H,(H,25,26). The monoisotopic (exact) mass is 359 g/mol. The molecule has 4 rings (SSSR count). The van der Waals surface area contributed by atoms with Crippen LogP contribution in [0.2, 0.25) is 5.02 Å². The van der Waals surface area contributed by atoms with Gasteiger partial charge in [0.05, 0.1) is 5.92 Å². The molecule has 0 saturated carbocycles. The Balaban J connectivity index is 1.83. The average molecular weight is 360 g/mol. The molecule has 0 saturated heterocycles. The molecule has 2 unspecified atom stereocenters. The Kier molecular flexibility index (Phi) is 4.59. The van der Waals surface area contributed by atoms with Crippen molar-refractivity contribution in [1.29, 1.82) is 0 Å². The Morgan fingerprint density at radius 1 is 0.731 bits per heavy atom. The maximum Gasteiger partial charge on any atom is 0.232 e. The van der Waals surface area contributed by atoms with E-state index in [0.29, 0.717) is 5.02 Å². The first-order valence-corrected chi connectivity index (χ1v) is 8.99. The molecule has 1 aliphatic rings. The van der Waals surface area contributed by atoms with E-state index in [1.807, 2.05) is 84.9 Å². The molecule has 26 heavy (non-hydrogen) atoms. The van der Waals surface area contributed by atoms with Gasteiger partial charge in [-0.1, -0.05) is 90.5 Å². The molecular weight excluding hydrogens is 342 g/mol. The number of carbonyl (C=O) groups is 1. The lowest BCUT2D eigenvalue weighted by Gasteiger charge is -2.31. The predicted molar refractivity (Wildman–Crippen MR) is 106 cm³/mol. The summed E-state index contributed by atoms with van der Waals surface area (Å²) in [6.45, 7) is 0. The molecule has 0 spiro atoms. The van der Waals surface area contributed by atoms with Crippen molar-refractivity contribution in [3.8, 4) is 0 Å². The third kappa shape index (κ3) is 3.29. The van der Waals surface area contributed by atoms with E-state index in [9.17, 15) is 4.79 Å². The highest BCUT2D eigenvalue weighted by Gasteiger charge is 2.34. The van der Waals surface area contributed by atoms with Crippen molar-refractivity contribution in [3.63, 3.8) is 0 Å². The van der Waals surface area contributed by atoms with Crippen LogP contribution in [0, 0.1) is 0 Å². The van der Waals surface area contributed by atoms with E-state index < -0.39 is 0 Å². The van der Waals surface area contributed by atoms with Crippen molar-refractivity contribution in [2.45, 2.75) is 11.8 Å². The van der Waals surface area contributed by atoms with Gasteiger partial charge in [0.25, 0.3) is 0 Å². The molecule has 0 aromatic heterocycles. The predicted octanol–water partition coefficient (Wildman–Crippen LogP) is 5.38. The summed E-state index contributed by atoms with van der Waals surface area (Å²) in [6.07, 6.45) is 2.15. The summed E-state index contributed by atoms with van der Waals surface area (Å²) >= 11 is 6.06. The summed E-state index contributed by atoms with van der Waals surface area (Å²) in [6, 6.07) is 27.6. The zero-order valence-electron chi connectivity index (χ0n) is 14.1. The lowest BCUT2D eigenvalue weighted by Crippen LogP contribution is -2.35. The second kappa shape index (κ2) is 7.19.